The molecule has 0 aliphatic rings. The monoisotopic (exact) mass is 840 g/mol. The molecule has 0 aromatic carbocycles. The van der Waals surface area contributed by atoms with Gasteiger partial charge < -0.3 is 28.6 Å². The zero-order valence-corrected chi connectivity index (χ0v) is 39.1. The number of ether oxygens (including phenoxy) is 3. The normalized spacial score (nSPS) is 13.6. The van der Waals surface area contributed by atoms with E-state index >= 15 is 0 Å². The van der Waals surface area contributed by atoms with Crippen molar-refractivity contribution in [1.82, 2.24) is 0 Å². The number of hydrogen-bond donors (Lipinski definition) is 0. The molecule has 0 saturated carbocycles. The van der Waals surface area contributed by atoms with Gasteiger partial charge in [0.2, 0.25) is 0 Å². The number of carbonyl (C=O) groups excluding carboxylic acids is 3. The highest BCUT2D eigenvalue weighted by Crippen LogP contribution is 2.13. The summed E-state index contributed by atoms with van der Waals surface area (Å²) in [6.07, 6.45) is 53.5. The lowest BCUT2D eigenvalue weighted by Gasteiger charge is -2.34. The Morgan fingerprint density at radius 3 is 1.50 bits per heavy atom. The summed E-state index contributed by atoms with van der Waals surface area (Å²) in [4.78, 5) is 36.9. The van der Waals surface area contributed by atoms with Gasteiger partial charge in [0, 0.05) is 19.3 Å². The molecule has 0 saturated heterocycles. The van der Waals surface area contributed by atoms with Crippen LogP contribution in [0.2, 0.25) is 0 Å². The summed E-state index contributed by atoms with van der Waals surface area (Å²) in [6, 6.07) is -0.735. The minimum atomic E-state index is -1.13. The van der Waals surface area contributed by atoms with Crippen molar-refractivity contribution in [1.29, 1.82) is 0 Å². The maximum Gasteiger partial charge on any atom is 0.306 e. The van der Waals surface area contributed by atoms with Gasteiger partial charge in [-0.25, -0.2) is 0 Å². The highest BCUT2D eigenvalue weighted by Gasteiger charge is 2.25. The second kappa shape index (κ2) is 42.5. The van der Waals surface area contributed by atoms with Crippen LogP contribution < -0.4 is 5.11 Å². The van der Waals surface area contributed by atoms with Crippen molar-refractivity contribution < 1.29 is 38.2 Å². The molecule has 2 unspecified atom stereocenters. The predicted molar refractivity (Wildman–Crippen MR) is 249 cm³/mol. The molecule has 0 N–H and O–H groups in total. The molecule has 0 bridgehead atoms. The highest BCUT2D eigenvalue weighted by molar-refractivity contribution is 5.70. The van der Waals surface area contributed by atoms with Gasteiger partial charge in [0.1, 0.15) is 12.6 Å². The van der Waals surface area contributed by atoms with Crippen LogP contribution in [-0.4, -0.2) is 75.5 Å². The van der Waals surface area contributed by atoms with Crippen molar-refractivity contribution in [2.24, 2.45) is 0 Å². The van der Waals surface area contributed by atoms with Crippen molar-refractivity contribution in [3.63, 3.8) is 0 Å². The van der Waals surface area contributed by atoms with Crippen LogP contribution >= 0.6 is 0 Å². The number of carboxylic acids is 1. The van der Waals surface area contributed by atoms with Crippen LogP contribution in [0.1, 0.15) is 187 Å². The SMILES string of the molecule is CC/C=C/C/C=C/C/C=C/C/C=C/CCCCCCCCCC(=O)OCC(COCCC(C(=O)[O-])[N+](C)(C)C)OC(=O)CCCCC/C=C/C=C/CCCCCCCCC. The van der Waals surface area contributed by atoms with Gasteiger partial charge in [0.25, 0.3) is 0 Å². The van der Waals surface area contributed by atoms with Crippen LogP contribution in [0.3, 0.4) is 0 Å². The Morgan fingerprint density at radius 2 is 0.983 bits per heavy atom. The molecule has 0 amide bonds. The Hall–Kier alpha value is -3.23. The van der Waals surface area contributed by atoms with Gasteiger partial charge in [-0.2, -0.15) is 0 Å². The maximum absolute atomic E-state index is 12.7. The minimum Gasteiger partial charge on any atom is -0.544 e. The summed E-state index contributed by atoms with van der Waals surface area (Å²) < 4.78 is 17.2. The lowest BCUT2D eigenvalue weighted by Crippen LogP contribution is -2.55. The molecule has 60 heavy (non-hydrogen) atoms. The number of carbonyl (C=O) groups is 3. The molecule has 8 heteroatoms. The van der Waals surface area contributed by atoms with E-state index in [1.54, 1.807) is 21.1 Å². The number of unbranched alkanes of at least 4 members (excludes halogenated alkanes) is 17. The van der Waals surface area contributed by atoms with E-state index in [0.717, 1.165) is 83.5 Å². The van der Waals surface area contributed by atoms with Crippen LogP contribution in [0.5, 0.6) is 0 Å². The lowest BCUT2D eigenvalue weighted by atomic mass is 10.1. The van der Waals surface area contributed by atoms with E-state index in [4.69, 9.17) is 14.2 Å². The molecule has 344 valence electrons. The van der Waals surface area contributed by atoms with Crippen molar-refractivity contribution in [3.8, 4) is 0 Å². The van der Waals surface area contributed by atoms with Gasteiger partial charge in [0.15, 0.2) is 6.10 Å². The van der Waals surface area contributed by atoms with Crippen LogP contribution in [0.25, 0.3) is 0 Å². The van der Waals surface area contributed by atoms with Gasteiger partial charge in [-0.15, -0.1) is 0 Å². The first-order chi connectivity index (χ1) is 29.1. The largest absolute Gasteiger partial charge is 0.544 e. The molecule has 0 rings (SSSR count). The Morgan fingerprint density at radius 1 is 0.533 bits per heavy atom. The molecule has 0 aromatic heterocycles. The number of quaternary nitrogens is 1. The van der Waals surface area contributed by atoms with E-state index in [1.807, 2.05) is 0 Å². The third-order valence-electron chi connectivity index (χ3n) is 10.4. The first kappa shape index (κ1) is 56.8. The molecule has 0 aliphatic carbocycles. The number of hydrogen-bond acceptors (Lipinski definition) is 7. The summed E-state index contributed by atoms with van der Waals surface area (Å²) in [5.74, 6) is -1.79. The lowest BCUT2D eigenvalue weighted by molar-refractivity contribution is -0.889. The predicted octanol–water partition coefficient (Wildman–Crippen LogP) is 12.2. The average molecular weight is 840 g/mol. The fourth-order valence-electron chi connectivity index (χ4n) is 6.64. The Kier molecular flexibility index (Phi) is 40.2. The molecule has 0 spiro atoms. The summed E-state index contributed by atoms with van der Waals surface area (Å²) >= 11 is 0. The fourth-order valence-corrected chi connectivity index (χ4v) is 6.64. The van der Waals surface area contributed by atoms with Crippen molar-refractivity contribution in [2.45, 2.75) is 199 Å². The van der Waals surface area contributed by atoms with Gasteiger partial charge in [0.05, 0.1) is 40.3 Å². The number of rotatable bonds is 42. The van der Waals surface area contributed by atoms with Crippen molar-refractivity contribution >= 4 is 17.9 Å². The first-order valence-corrected chi connectivity index (χ1v) is 24.0. The topological polar surface area (TPSA) is 102 Å². The number of likely N-dealkylation sites (N-methyl/N-ethyl adjacent to an activating group) is 1. The van der Waals surface area contributed by atoms with Crippen molar-refractivity contribution in [3.05, 3.63) is 72.9 Å². The van der Waals surface area contributed by atoms with Crippen LogP contribution in [-0.2, 0) is 28.6 Å². The molecular formula is C52H89NO7. The third-order valence-corrected chi connectivity index (χ3v) is 10.4. The van der Waals surface area contributed by atoms with Crippen LogP contribution in [0.4, 0.5) is 0 Å². The number of carboxylic acid groups (broad SMARTS) is 1. The van der Waals surface area contributed by atoms with Crippen LogP contribution in [0.15, 0.2) is 72.9 Å². The molecule has 8 nitrogen and oxygen atoms in total. The number of aliphatic carboxylic acids is 1. The van der Waals surface area contributed by atoms with E-state index in [0.29, 0.717) is 6.42 Å². The Balaban J connectivity index is 4.36. The number of allylic oxidation sites excluding steroid dienone is 12. The maximum atomic E-state index is 12.7. The van der Waals surface area contributed by atoms with Crippen LogP contribution in [0, 0.1) is 0 Å². The third kappa shape index (κ3) is 40.2. The van der Waals surface area contributed by atoms with Gasteiger partial charge in [-0.3, -0.25) is 9.59 Å². The number of esters is 2. The quantitative estimate of drug-likeness (QED) is 0.0198. The first-order valence-electron chi connectivity index (χ1n) is 24.0. The van der Waals surface area contributed by atoms with E-state index in [-0.39, 0.29) is 49.1 Å². The summed E-state index contributed by atoms with van der Waals surface area (Å²) in [6.45, 7) is 4.50. The molecule has 2 atom stereocenters. The highest BCUT2D eigenvalue weighted by atomic mass is 16.6. The van der Waals surface area contributed by atoms with Crippen molar-refractivity contribution in [2.75, 3.05) is 41.0 Å². The van der Waals surface area contributed by atoms with E-state index < -0.39 is 18.1 Å². The number of nitrogens with zero attached hydrogens (tertiary/aromatic N) is 1. The summed E-state index contributed by atoms with van der Waals surface area (Å²) in [5.41, 5.74) is 0. The van der Waals surface area contributed by atoms with E-state index in [1.165, 1.54) is 70.6 Å². The summed E-state index contributed by atoms with van der Waals surface area (Å²) in [5, 5.41) is 11.6. The standard InChI is InChI=1S/C52H89NO7/c1-6-8-10-12-14-16-18-20-22-24-25-26-27-29-30-32-34-36-38-40-42-50(54)59-47-48(46-58-45-44-49(52(56)57)53(3,4)5)60-51(55)43-41-39-37-35-33-31-28-23-21-19-17-15-13-11-9-7-2/h8,10,14,16,20,22-23,25-26,28,31,33,48-49H,6-7,9,11-13,15,17-19,21,24,27,29-30,32,34-47H2,1-5H3/b10-8+,16-14+,22-20+,26-25+,28-23+,33-31+. The fraction of sp³-hybridized carbons (Fsp3) is 0.712. The van der Waals surface area contributed by atoms with Gasteiger partial charge in [-0.1, -0.05) is 164 Å². The zero-order chi connectivity index (χ0) is 44.2. The second-order valence-electron chi connectivity index (χ2n) is 17.0. The Labute approximate surface area is 368 Å². The second-order valence-corrected chi connectivity index (χ2v) is 17.0. The van der Waals surface area contributed by atoms with Gasteiger partial charge in [-0.05, 0) is 77.0 Å². The Bertz CT molecular complexity index is 1210. The zero-order valence-electron chi connectivity index (χ0n) is 39.1. The minimum absolute atomic E-state index is 0.0233. The van der Waals surface area contributed by atoms with E-state index in [9.17, 15) is 19.5 Å². The summed E-state index contributed by atoms with van der Waals surface area (Å²) in [7, 11) is 5.39. The molecule has 0 aromatic rings. The molecule has 0 heterocycles. The molecule has 0 radical (unpaired) electrons. The molecule has 0 fully saturated rings. The van der Waals surface area contributed by atoms with E-state index in [2.05, 4.69) is 86.8 Å². The molecular weight excluding hydrogens is 751 g/mol. The molecule has 0 aliphatic heterocycles. The van der Waals surface area contributed by atoms with Gasteiger partial charge >= 0.3 is 11.9 Å². The smallest absolute Gasteiger partial charge is 0.306 e. The average Bonchev–Trinajstić information content (AvgIpc) is 3.21.